The lowest BCUT2D eigenvalue weighted by molar-refractivity contribution is -0.137. The highest BCUT2D eigenvalue weighted by molar-refractivity contribution is 6.06. The Balaban J connectivity index is 1.74. The first-order chi connectivity index (χ1) is 19.7. The van der Waals surface area contributed by atoms with Gasteiger partial charge in [-0.2, -0.15) is 18.3 Å². The second-order valence-electron chi connectivity index (χ2n) is 10.7. The third kappa shape index (κ3) is 8.49. The number of nitrogens with two attached hydrogens (primary N) is 2. The minimum absolute atomic E-state index is 0.0593. The van der Waals surface area contributed by atoms with Crippen LogP contribution in [-0.4, -0.2) is 64.4 Å². The summed E-state index contributed by atoms with van der Waals surface area (Å²) in [6, 6.07) is 4.02. The highest BCUT2D eigenvalue weighted by atomic mass is 19.4. The van der Waals surface area contributed by atoms with E-state index in [1.54, 1.807) is 35.3 Å². The molecule has 0 radical (unpaired) electrons. The molecule has 2 aromatic rings. The van der Waals surface area contributed by atoms with Gasteiger partial charge in [0.2, 0.25) is 0 Å². The lowest BCUT2D eigenvalue weighted by atomic mass is 10.1. The van der Waals surface area contributed by atoms with Gasteiger partial charge in [0.15, 0.2) is 0 Å². The molecule has 1 aliphatic heterocycles. The number of aryl methyl sites for hydroxylation is 1. The van der Waals surface area contributed by atoms with Crippen LogP contribution in [0.5, 0.6) is 0 Å². The summed E-state index contributed by atoms with van der Waals surface area (Å²) < 4.78 is 43.0. The summed E-state index contributed by atoms with van der Waals surface area (Å²) in [5.41, 5.74) is 8.94. The van der Waals surface area contributed by atoms with Crippen LogP contribution in [0.3, 0.4) is 0 Å². The third-order valence-electron chi connectivity index (χ3n) is 7.23. The molecule has 1 aliphatic rings. The van der Waals surface area contributed by atoms with Crippen LogP contribution < -0.4 is 21.8 Å². The molecule has 0 unspecified atom stereocenters. The van der Waals surface area contributed by atoms with E-state index in [-0.39, 0.29) is 11.3 Å². The quantitative estimate of drug-likeness (QED) is 0.164. The Hall–Kier alpha value is -4.03. The van der Waals surface area contributed by atoms with Gasteiger partial charge in [-0.3, -0.25) is 14.4 Å². The van der Waals surface area contributed by atoms with Crippen LogP contribution in [0, 0.1) is 6.92 Å². The van der Waals surface area contributed by atoms with Crippen LogP contribution in [0.15, 0.2) is 66.5 Å². The Kier molecular flexibility index (Phi) is 10.6. The minimum Gasteiger partial charge on any atom is -0.397 e. The molecule has 42 heavy (non-hydrogen) atoms. The number of allylic oxidation sites excluding steroid dienone is 2. The summed E-state index contributed by atoms with van der Waals surface area (Å²) in [6.07, 6.45) is 3.29. The average Bonchev–Trinajstić information content (AvgIpc) is 3.26. The van der Waals surface area contributed by atoms with E-state index in [9.17, 15) is 18.0 Å². The zero-order valence-corrected chi connectivity index (χ0v) is 24.9. The second-order valence-corrected chi connectivity index (χ2v) is 10.7. The smallest absolute Gasteiger partial charge is 0.397 e. The van der Waals surface area contributed by atoms with Crippen LogP contribution >= 0.6 is 0 Å². The van der Waals surface area contributed by atoms with Gasteiger partial charge in [-0.25, -0.2) is 5.84 Å². The molecule has 2 heterocycles. The van der Waals surface area contributed by atoms with Gasteiger partial charge >= 0.3 is 6.18 Å². The first kappa shape index (κ1) is 32.5. The fourth-order valence-corrected chi connectivity index (χ4v) is 4.61. The number of hydrogen-bond donors (Lipinski definition) is 3. The van der Waals surface area contributed by atoms with Gasteiger partial charge < -0.3 is 21.0 Å². The van der Waals surface area contributed by atoms with Crippen molar-refractivity contribution >= 4 is 23.0 Å². The second kappa shape index (κ2) is 13.8. The van der Waals surface area contributed by atoms with Crippen molar-refractivity contribution in [3.05, 3.63) is 83.4 Å². The standard InChI is InChI=1S/C30H41F3N8O/c1-7-23(9-8-21(4)18-41(35)19-28(34)27-17-36-38(6)22(27)5)29(42)37-25-14-24(30(31,32)33)15-26(16-25)40-12-10-39(11-13-40)20(2)3/h7-9,14-17,19-20H,1,10-13,18,34-35H2,2-6H3,(H,37,42)/b21-8-,23-9+,28-19-. The van der Waals surface area contributed by atoms with Gasteiger partial charge in [-0.05, 0) is 52.0 Å². The van der Waals surface area contributed by atoms with Crippen LogP contribution in [0.2, 0.25) is 0 Å². The van der Waals surface area contributed by atoms with E-state index in [0.717, 1.165) is 42.1 Å². The fraction of sp³-hybridized carbons (Fsp3) is 0.400. The maximum Gasteiger partial charge on any atom is 0.416 e. The average molecular weight is 587 g/mol. The molecule has 9 nitrogen and oxygen atoms in total. The molecule has 228 valence electrons. The maximum atomic E-state index is 13.8. The summed E-state index contributed by atoms with van der Waals surface area (Å²) in [5.74, 6) is 5.53. The van der Waals surface area contributed by atoms with Crippen molar-refractivity contribution in [2.75, 3.05) is 42.9 Å². The van der Waals surface area contributed by atoms with Crippen molar-refractivity contribution in [1.82, 2.24) is 19.7 Å². The fourth-order valence-electron chi connectivity index (χ4n) is 4.61. The minimum atomic E-state index is -4.56. The first-order valence-corrected chi connectivity index (χ1v) is 13.7. The van der Waals surface area contributed by atoms with E-state index in [1.165, 1.54) is 11.1 Å². The van der Waals surface area contributed by atoms with E-state index in [2.05, 4.69) is 35.7 Å². The number of halogens is 3. The number of rotatable bonds is 10. The van der Waals surface area contributed by atoms with Crippen LogP contribution in [0.4, 0.5) is 24.5 Å². The third-order valence-corrected chi connectivity index (χ3v) is 7.23. The number of amides is 1. The van der Waals surface area contributed by atoms with E-state index < -0.39 is 17.6 Å². The predicted octanol–water partition coefficient (Wildman–Crippen LogP) is 4.41. The van der Waals surface area contributed by atoms with E-state index in [0.29, 0.717) is 37.1 Å². The summed E-state index contributed by atoms with van der Waals surface area (Å²) in [6.45, 7) is 14.6. The van der Waals surface area contributed by atoms with Gasteiger partial charge in [-0.15, -0.1) is 0 Å². The molecule has 0 spiro atoms. The Morgan fingerprint density at radius 1 is 1.19 bits per heavy atom. The number of carbonyl (C=O) groups excluding carboxylic acids is 1. The summed E-state index contributed by atoms with van der Waals surface area (Å²) in [4.78, 5) is 17.2. The predicted molar refractivity (Wildman–Crippen MR) is 162 cm³/mol. The van der Waals surface area contributed by atoms with Crippen molar-refractivity contribution in [2.24, 2.45) is 18.6 Å². The number of hydrazine groups is 1. The normalized spacial score (nSPS) is 15.8. The number of hydrogen-bond acceptors (Lipinski definition) is 7. The topological polar surface area (TPSA) is 109 Å². The number of piperazine rings is 1. The van der Waals surface area contributed by atoms with Gasteiger partial charge in [0.25, 0.3) is 5.91 Å². The van der Waals surface area contributed by atoms with E-state index in [1.807, 2.05) is 25.8 Å². The Bertz CT molecular complexity index is 1370. The zero-order valence-electron chi connectivity index (χ0n) is 24.9. The number of alkyl halides is 3. The largest absolute Gasteiger partial charge is 0.416 e. The monoisotopic (exact) mass is 586 g/mol. The van der Waals surface area contributed by atoms with Crippen LogP contribution in [-0.2, 0) is 18.0 Å². The summed E-state index contributed by atoms with van der Waals surface area (Å²) >= 11 is 0. The molecular formula is C30H41F3N8O. The molecule has 0 bridgehead atoms. The molecule has 0 atom stereocenters. The number of benzene rings is 1. The molecule has 3 rings (SSSR count). The van der Waals surface area contributed by atoms with Crippen molar-refractivity contribution in [3.63, 3.8) is 0 Å². The lowest BCUT2D eigenvalue weighted by Crippen LogP contribution is -2.49. The summed E-state index contributed by atoms with van der Waals surface area (Å²) in [7, 11) is 1.82. The summed E-state index contributed by atoms with van der Waals surface area (Å²) in [5, 5.41) is 8.21. The Morgan fingerprint density at radius 2 is 1.86 bits per heavy atom. The van der Waals surface area contributed by atoms with Gasteiger partial charge in [0.05, 0.1) is 24.0 Å². The SMILES string of the molecule is C=C/C(=C\C=C(\C)CN(N)/C=C(\N)c1cnn(C)c1C)C(=O)Nc1cc(N2CCN(C(C)C)CC2)cc(C(F)(F)F)c1. The van der Waals surface area contributed by atoms with Gasteiger partial charge in [0, 0.05) is 73.7 Å². The van der Waals surface area contributed by atoms with Crippen molar-refractivity contribution < 1.29 is 18.0 Å². The van der Waals surface area contributed by atoms with Crippen molar-refractivity contribution in [3.8, 4) is 0 Å². The molecule has 0 aliphatic carbocycles. The number of nitrogens with one attached hydrogen (secondary N) is 1. The Labute approximate surface area is 245 Å². The molecule has 1 amide bonds. The number of carbonyl (C=O) groups is 1. The zero-order chi connectivity index (χ0) is 31.2. The molecule has 5 N–H and O–H groups in total. The van der Waals surface area contributed by atoms with Crippen molar-refractivity contribution in [2.45, 2.75) is 39.9 Å². The highest BCUT2D eigenvalue weighted by Gasteiger charge is 2.32. The molecule has 1 aromatic heterocycles. The van der Waals surface area contributed by atoms with Gasteiger partial charge in [0.1, 0.15) is 0 Å². The number of anilines is 2. The molecule has 1 aromatic carbocycles. The molecular weight excluding hydrogens is 545 g/mol. The van der Waals surface area contributed by atoms with Crippen LogP contribution in [0.1, 0.15) is 37.6 Å². The lowest BCUT2D eigenvalue weighted by Gasteiger charge is -2.38. The highest BCUT2D eigenvalue weighted by Crippen LogP contribution is 2.35. The van der Waals surface area contributed by atoms with Crippen LogP contribution in [0.25, 0.3) is 5.70 Å². The van der Waals surface area contributed by atoms with E-state index >= 15 is 0 Å². The van der Waals surface area contributed by atoms with Gasteiger partial charge in [-0.1, -0.05) is 24.3 Å². The maximum absolute atomic E-state index is 13.8. The number of aromatic nitrogens is 2. The first-order valence-electron chi connectivity index (χ1n) is 13.7. The Morgan fingerprint density at radius 3 is 2.40 bits per heavy atom. The van der Waals surface area contributed by atoms with E-state index in [4.69, 9.17) is 11.6 Å². The molecule has 12 heteroatoms. The molecule has 0 saturated carbocycles. The molecule has 1 fully saturated rings. The molecule has 1 saturated heterocycles. The number of nitrogens with zero attached hydrogens (tertiary/aromatic N) is 5. The van der Waals surface area contributed by atoms with Crippen molar-refractivity contribution in [1.29, 1.82) is 0 Å².